The van der Waals surface area contributed by atoms with E-state index in [-0.39, 0.29) is 11.8 Å². The quantitative estimate of drug-likeness (QED) is 0.855. The minimum atomic E-state index is -1.02. The van der Waals surface area contributed by atoms with Crippen LogP contribution in [0.1, 0.15) is 29.1 Å². The van der Waals surface area contributed by atoms with E-state index in [1.54, 1.807) is 17.6 Å². The zero-order valence-corrected chi connectivity index (χ0v) is 9.04. The Morgan fingerprint density at radius 3 is 2.88 bits per heavy atom. The lowest BCUT2D eigenvalue weighted by atomic mass is 10.2. The third kappa shape index (κ3) is 1.77. The summed E-state index contributed by atoms with van der Waals surface area (Å²) in [5.41, 5.74) is 1.64. The number of pyridine rings is 1. The summed E-state index contributed by atoms with van der Waals surface area (Å²) < 4.78 is 6.88. The van der Waals surface area contributed by atoms with Gasteiger partial charge in [-0.2, -0.15) is 0 Å². The van der Waals surface area contributed by atoms with Crippen molar-refractivity contribution in [1.29, 1.82) is 0 Å². The van der Waals surface area contributed by atoms with Gasteiger partial charge in [0.25, 0.3) is 0 Å². The Kier molecular flexibility index (Phi) is 2.62. The number of aromatic carboxylic acids is 1. The Bertz CT molecular complexity index is 533. The Labute approximate surface area is 92.3 Å². The van der Waals surface area contributed by atoms with Crippen molar-refractivity contribution in [3.8, 4) is 0 Å². The molecule has 84 valence electrons. The fourth-order valence-electron chi connectivity index (χ4n) is 1.49. The van der Waals surface area contributed by atoms with Crippen LogP contribution in [0.4, 0.5) is 0 Å². The number of methoxy groups -OCH3 is 1. The molecule has 1 N–H and O–H groups in total. The first-order valence-electron chi connectivity index (χ1n) is 4.86. The summed E-state index contributed by atoms with van der Waals surface area (Å²) in [7, 11) is 1.63. The van der Waals surface area contributed by atoms with Crippen LogP contribution in [-0.4, -0.2) is 27.6 Å². The molecule has 2 heterocycles. The van der Waals surface area contributed by atoms with E-state index >= 15 is 0 Å². The molecule has 0 spiro atoms. The van der Waals surface area contributed by atoms with Crippen molar-refractivity contribution >= 4 is 11.6 Å². The van der Waals surface area contributed by atoms with Crippen molar-refractivity contribution < 1.29 is 14.6 Å². The highest BCUT2D eigenvalue weighted by molar-refractivity contribution is 5.86. The van der Waals surface area contributed by atoms with Gasteiger partial charge in [-0.1, -0.05) is 6.07 Å². The first-order valence-corrected chi connectivity index (χ1v) is 4.86. The van der Waals surface area contributed by atoms with Gasteiger partial charge in [0.2, 0.25) is 0 Å². The van der Waals surface area contributed by atoms with Crippen molar-refractivity contribution in [2.45, 2.75) is 13.0 Å². The lowest BCUT2D eigenvalue weighted by Gasteiger charge is -2.09. The van der Waals surface area contributed by atoms with Gasteiger partial charge in [-0.05, 0) is 18.6 Å². The summed E-state index contributed by atoms with van der Waals surface area (Å²) in [6.45, 7) is 1.93. The smallest absolute Gasteiger partial charge is 0.356 e. The molecule has 5 heteroatoms. The molecule has 0 amide bonds. The third-order valence-electron chi connectivity index (χ3n) is 2.52. The first kappa shape index (κ1) is 10.6. The first-order chi connectivity index (χ1) is 7.61. The van der Waals surface area contributed by atoms with E-state index in [4.69, 9.17) is 9.84 Å². The van der Waals surface area contributed by atoms with Gasteiger partial charge in [-0.15, -0.1) is 0 Å². The van der Waals surface area contributed by atoms with Crippen LogP contribution in [0.3, 0.4) is 0 Å². The van der Waals surface area contributed by atoms with Crippen molar-refractivity contribution in [3.05, 3.63) is 35.8 Å². The van der Waals surface area contributed by atoms with E-state index in [0.717, 1.165) is 5.56 Å². The average molecular weight is 220 g/mol. The van der Waals surface area contributed by atoms with Gasteiger partial charge in [0.15, 0.2) is 5.69 Å². The molecule has 2 aromatic heterocycles. The zero-order valence-electron chi connectivity index (χ0n) is 9.04. The second-order valence-electron chi connectivity index (χ2n) is 3.54. The normalized spacial score (nSPS) is 12.9. The zero-order chi connectivity index (χ0) is 11.7. The maximum atomic E-state index is 10.7. The van der Waals surface area contributed by atoms with E-state index in [1.807, 2.05) is 19.2 Å². The highest BCUT2D eigenvalue weighted by Crippen LogP contribution is 2.16. The average Bonchev–Trinajstić information content (AvgIpc) is 2.70. The molecule has 1 unspecified atom stereocenters. The predicted octanol–water partition coefficient (Wildman–Crippen LogP) is 1.74. The minimum Gasteiger partial charge on any atom is -0.476 e. The fourth-order valence-corrected chi connectivity index (χ4v) is 1.49. The Morgan fingerprint density at radius 1 is 1.50 bits per heavy atom. The van der Waals surface area contributed by atoms with Crippen LogP contribution < -0.4 is 0 Å². The second kappa shape index (κ2) is 3.94. The molecule has 5 nitrogen and oxygen atoms in total. The number of rotatable bonds is 3. The largest absolute Gasteiger partial charge is 0.476 e. The highest BCUT2D eigenvalue weighted by Gasteiger charge is 2.10. The molecular weight excluding hydrogens is 208 g/mol. The van der Waals surface area contributed by atoms with Gasteiger partial charge in [-0.3, -0.25) is 0 Å². The lowest BCUT2D eigenvalue weighted by Crippen LogP contribution is -1.97. The van der Waals surface area contributed by atoms with Crippen LogP contribution in [-0.2, 0) is 4.74 Å². The summed E-state index contributed by atoms with van der Waals surface area (Å²) in [5, 5.41) is 8.81. The van der Waals surface area contributed by atoms with Gasteiger partial charge >= 0.3 is 5.97 Å². The predicted molar refractivity (Wildman–Crippen MR) is 57.6 cm³/mol. The van der Waals surface area contributed by atoms with E-state index in [9.17, 15) is 4.79 Å². The SMILES string of the molecule is COC(C)c1ccc2nc(C(=O)O)cn2c1. The summed E-state index contributed by atoms with van der Waals surface area (Å²) in [6, 6.07) is 3.65. The molecule has 0 aliphatic carbocycles. The molecule has 0 fully saturated rings. The highest BCUT2D eigenvalue weighted by atomic mass is 16.5. The monoisotopic (exact) mass is 220 g/mol. The molecule has 1 atom stereocenters. The van der Waals surface area contributed by atoms with Crippen LogP contribution in [0.25, 0.3) is 5.65 Å². The number of fused-ring (bicyclic) bond motifs is 1. The number of hydrogen-bond acceptors (Lipinski definition) is 3. The molecule has 2 rings (SSSR count). The van der Waals surface area contributed by atoms with Gasteiger partial charge < -0.3 is 14.2 Å². The van der Waals surface area contributed by atoms with Gasteiger partial charge in [0.1, 0.15) is 5.65 Å². The number of carboxylic acids is 1. The van der Waals surface area contributed by atoms with Crippen molar-refractivity contribution in [2.24, 2.45) is 0 Å². The Balaban J connectivity index is 2.49. The number of carbonyl (C=O) groups is 1. The van der Waals surface area contributed by atoms with E-state index < -0.39 is 5.97 Å². The van der Waals surface area contributed by atoms with Crippen LogP contribution in [0.15, 0.2) is 24.5 Å². The molecule has 0 aromatic carbocycles. The number of nitrogens with zero attached hydrogens (tertiary/aromatic N) is 2. The molecule has 0 aliphatic heterocycles. The number of imidazole rings is 1. The minimum absolute atomic E-state index is 0.0277. The summed E-state index contributed by atoms with van der Waals surface area (Å²) in [5.74, 6) is -1.02. The Hall–Kier alpha value is -1.88. The molecule has 16 heavy (non-hydrogen) atoms. The van der Waals surface area contributed by atoms with Gasteiger partial charge in [0.05, 0.1) is 6.10 Å². The van der Waals surface area contributed by atoms with Crippen LogP contribution >= 0.6 is 0 Å². The maximum absolute atomic E-state index is 10.7. The third-order valence-corrected chi connectivity index (χ3v) is 2.52. The maximum Gasteiger partial charge on any atom is 0.356 e. The standard InChI is InChI=1S/C11H12N2O3/c1-7(16-2)8-3-4-10-12-9(11(14)15)6-13(10)5-8/h3-7H,1-2H3,(H,14,15). The van der Waals surface area contributed by atoms with E-state index in [0.29, 0.717) is 5.65 Å². The van der Waals surface area contributed by atoms with Gasteiger partial charge in [-0.25, -0.2) is 9.78 Å². The number of hydrogen-bond donors (Lipinski definition) is 1. The van der Waals surface area contributed by atoms with Crippen molar-refractivity contribution in [3.63, 3.8) is 0 Å². The number of carboxylic acid groups (broad SMARTS) is 1. The summed E-state index contributed by atoms with van der Waals surface area (Å²) in [4.78, 5) is 14.7. The van der Waals surface area contributed by atoms with Crippen LogP contribution in [0.5, 0.6) is 0 Å². The van der Waals surface area contributed by atoms with Crippen LogP contribution in [0.2, 0.25) is 0 Å². The lowest BCUT2D eigenvalue weighted by molar-refractivity contribution is 0.0691. The number of aromatic nitrogens is 2. The summed E-state index contributed by atoms with van der Waals surface area (Å²) in [6.07, 6.45) is 3.28. The summed E-state index contributed by atoms with van der Waals surface area (Å²) >= 11 is 0. The molecule has 2 aromatic rings. The second-order valence-corrected chi connectivity index (χ2v) is 3.54. The molecule has 0 aliphatic rings. The van der Waals surface area contributed by atoms with Crippen LogP contribution in [0, 0.1) is 0 Å². The topological polar surface area (TPSA) is 63.8 Å². The molecular formula is C11H12N2O3. The van der Waals surface area contributed by atoms with Crippen molar-refractivity contribution in [1.82, 2.24) is 9.38 Å². The molecule has 0 bridgehead atoms. The molecule has 0 radical (unpaired) electrons. The molecule has 0 saturated heterocycles. The number of ether oxygens (including phenoxy) is 1. The molecule has 0 saturated carbocycles. The van der Waals surface area contributed by atoms with E-state index in [2.05, 4.69) is 4.98 Å². The fraction of sp³-hybridized carbons (Fsp3) is 0.273. The van der Waals surface area contributed by atoms with E-state index in [1.165, 1.54) is 6.20 Å². The Morgan fingerprint density at radius 2 is 2.25 bits per heavy atom. The van der Waals surface area contributed by atoms with Gasteiger partial charge in [0, 0.05) is 19.5 Å². The van der Waals surface area contributed by atoms with Crippen molar-refractivity contribution in [2.75, 3.05) is 7.11 Å².